The molecule has 6 nitrogen and oxygen atoms in total. The molecular formula is C21H22N2O4S. The van der Waals surface area contributed by atoms with Crippen molar-refractivity contribution in [2.24, 2.45) is 5.92 Å². The number of hydrogen-bond donors (Lipinski definition) is 2. The van der Waals surface area contributed by atoms with Gasteiger partial charge in [-0.1, -0.05) is 42.5 Å². The Labute approximate surface area is 169 Å². The van der Waals surface area contributed by atoms with Crippen molar-refractivity contribution in [1.82, 2.24) is 10.6 Å². The van der Waals surface area contributed by atoms with Crippen LogP contribution in [-0.2, 0) is 15.3 Å². The van der Waals surface area contributed by atoms with E-state index in [-0.39, 0.29) is 12.6 Å². The Balaban J connectivity index is 1.95. The number of fused-ring (bicyclic) bond motifs is 4. The van der Waals surface area contributed by atoms with Crippen molar-refractivity contribution in [3.8, 4) is 11.5 Å². The van der Waals surface area contributed by atoms with Gasteiger partial charge in [0.15, 0.2) is 16.6 Å². The Morgan fingerprint density at radius 3 is 2.64 bits per heavy atom. The summed E-state index contributed by atoms with van der Waals surface area (Å²) < 4.78 is 17.8. The van der Waals surface area contributed by atoms with Gasteiger partial charge in [-0.05, 0) is 32.1 Å². The predicted molar refractivity (Wildman–Crippen MR) is 108 cm³/mol. The van der Waals surface area contributed by atoms with E-state index >= 15 is 0 Å². The zero-order valence-electron chi connectivity index (χ0n) is 15.7. The van der Waals surface area contributed by atoms with E-state index in [4.69, 9.17) is 26.4 Å². The molecule has 146 valence electrons. The van der Waals surface area contributed by atoms with Crippen molar-refractivity contribution in [3.63, 3.8) is 0 Å². The second-order valence-electron chi connectivity index (χ2n) is 6.62. The Morgan fingerprint density at radius 1 is 1.14 bits per heavy atom. The lowest BCUT2D eigenvalue weighted by Crippen LogP contribution is -2.69. The SMILES string of the molecule is CCOC(=O)[C@@H]1[C@H]2NC(=S)N[C@@]1(c1ccccc1)Oc1c(OCC)cccc12. The molecule has 0 aromatic heterocycles. The van der Waals surface area contributed by atoms with Crippen molar-refractivity contribution in [3.05, 3.63) is 59.7 Å². The van der Waals surface area contributed by atoms with Crippen molar-refractivity contribution in [1.29, 1.82) is 0 Å². The molecule has 1 fully saturated rings. The molecule has 0 saturated carbocycles. The third-order valence-corrected chi connectivity index (χ3v) is 5.23. The molecular weight excluding hydrogens is 376 g/mol. The number of carbonyl (C=O) groups excluding carboxylic acids is 1. The monoisotopic (exact) mass is 398 g/mol. The third kappa shape index (κ3) is 2.86. The van der Waals surface area contributed by atoms with E-state index in [0.717, 1.165) is 11.1 Å². The molecule has 2 aromatic rings. The van der Waals surface area contributed by atoms with Gasteiger partial charge in [0.05, 0.1) is 19.3 Å². The Kier molecular flexibility index (Phi) is 4.85. The van der Waals surface area contributed by atoms with Gasteiger partial charge in [0.25, 0.3) is 0 Å². The number of esters is 1. The quantitative estimate of drug-likeness (QED) is 0.593. The fourth-order valence-corrected chi connectivity index (χ4v) is 4.21. The summed E-state index contributed by atoms with van der Waals surface area (Å²) in [5.74, 6) is 0.197. The van der Waals surface area contributed by atoms with Gasteiger partial charge < -0.3 is 24.8 Å². The van der Waals surface area contributed by atoms with Crippen molar-refractivity contribution >= 4 is 23.3 Å². The molecule has 3 atom stereocenters. The lowest BCUT2D eigenvalue weighted by atomic mass is 9.76. The number of thiocarbonyl (C=S) groups is 1. The van der Waals surface area contributed by atoms with Crippen LogP contribution in [0.15, 0.2) is 48.5 Å². The molecule has 2 N–H and O–H groups in total. The van der Waals surface area contributed by atoms with Gasteiger partial charge in [-0.15, -0.1) is 0 Å². The molecule has 0 spiro atoms. The van der Waals surface area contributed by atoms with Crippen LogP contribution in [0.5, 0.6) is 11.5 Å². The molecule has 0 amide bonds. The van der Waals surface area contributed by atoms with E-state index in [1.165, 1.54) is 0 Å². The van der Waals surface area contributed by atoms with Crippen molar-refractivity contribution in [2.75, 3.05) is 13.2 Å². The van der Waals surface area contributed by atoms with Crippen LogP contribution in [0.2, 0.25) is 0 Å². The maximum Gasteiger partial charge on any atom is 0.317 e. The minimum absolute atomic E-state index is 0.281. The highest BCUT2D eigenvalue weighted by Crippen LogP contribution is 2.52. The van der Waals surface area contributed by atoms with Crippen LogP contribution in [0.3, 0.4) is 0 Å². The van der Waals surface area contributed by atoms with Crippen LogP contribution < -0.4 is 20.1 Å². The number of rotatable bonds is 5. The number of ether oxygens (including phenoxy) is 3. The van der Waals surface area contributed by atoms with Gasteiger partial charge in [0, 0.05) is 11.1 Å². The highest BCUT2D eigenvalue weighted by atomic mass is 32.1. The smallest absolute Gasteiger partial charge is 0.317 e. The van der Waals surface area contributed by atoms with Crippen molar-refractivity contribution in [2.45, 2.75) is 25.6 Å². The molecule has 7 heteroatoms. The molecule has 2 bridgehead atoms. The molecule has 0 aliphatic carbocycles. The number of hydrogen-bond acceptors (Lipinski definition) is 5. The normalized spacial score (nSPS) is 24.9. The average Bonchev–Trinajstić information content (AvgIpc) is 2.69. The molecule has 2 heterocycles. The van der Waals surface area contributed by atoms with Gasteiger partial charge in [0.1, 0.15) is 5.92 Å². The van der Waals surface area contributed by atoms with E-state index in [0.29, 0.717) is 23.2 Å². The summed E-state index contributed by atoms with van der Waals surface area (Å²) in [6.45, 7) is 4.49. The van der Waals surface area contributed by atoms with Crippen molar-refractivity contribution < 1.29 is 19.0 Å². The first-order valence-electron chi connectivity index (χ1n) is 9.36. The standard InChI is InChI=1S/C21H22N2O4S/c1-3-25-15-12-8-11-14-17-16(19(24)26-4-2)21(27-18(14)15,23-20(28)22-17)13-9-6-5-7-10-13/h5-12,16-17H,3-4H2,1-2H3,(H2,22,23,28)/t16-,17-,21-/m0/s1. The Bertz CT molecular complexity index is 905. The second-order valence-corrected chi connectivity index (χ2v) is 7.03. The zero-order chi connectivity index (χ0) is 19.7. The topological polar surface area (TPSA) is 68.8 Å². The number of nitrogens with one attached hydrogen (secondary N) is 2. The van der Waals surface area contributed by atoms with E-state index in [1.54, 1.807) is 6.92 Å². The third-order valence-electron chi connectivity index (χ3n) is 5.01. The number of carbonyl (C=O) groups is 1. The highest BCUT2D eigenvalue weighted by Gasteiger charge is 2.59. The summed E-state index contributed by atoms with van der Waals surface area (Å²) in [6.07, 6.45) is 0. The van der Waals surface area contributed by atoms with Gasteiger partial charge in [-0.25, -0.2) is 0 Å². The van der Waals surface area contributed by atoms with Gasteiger partial charge in [-0.3, -0.25) is 4.79 Å². The summed E-state index contributed by atoms with van der Waals surface area (Å²) in [4.78, 5) is 13.1. The fourth-order valence-electron chi connectivity index (χ4n) is 3.94. The minimum atomic E-state index is -1.19. The fraction of sp³-hybridized carbons (Fsp3) is 0.333. The van der Waals surface area contributed by atoms with Gasteiger partial charge in [-0.2, -0.15) is 0 Å². The predicted octanol–water partition coefficient (Wildman–Crippen LogP) is 3.03. The highest BCUT2D eigenvalue weighted by molar-refractivity contribution is 7.80. The van der Waals surface area contributed by atoms with Gasteiger partial charge >= 0.3 is 5.97 Å². The first-order valence-corrected chi connectivity index (χ1v) is 9.77. The first kappa shape index (κ1) is 18.6. The van der Waals surface area contributed by atoms with Crippen LogP contribution in [-0.4, -0.2) is 24.3 Å². The Hall–Kier alpha value is -2.80. The lowest BCUT2D eigenvalue weighted by molar-refractivity contribution is -0.165. The summed E-state index contributed by atoms with van der Waals surface area (Å²) in [7, 11) is 0. The number of para-hydroxylation sites is 1. The summed E-state index contributed by atoms with van der Waals surface area (Å²) >= 11 is 5.46. The van der Waals surface area contributed by atoms with Gasteiger partial charge in [0.2, 0.25) is 5.72 Å². The molecule has 1 saturated heterocycles. The molecule has 0 radical (unpaired) electrons. The van der Waals surface area contributed by atoms with Crippen LogP contribution in [0.4, 0.5) is 0 Å². The molecule has 28 heavy (non-hydrogen) atoms. The molecule has 2 aromatic carbocycles. The summed E-state index contributed by atoms with van der Waals surface area (Å²) in [5, 5.41) is 6.88. The zero-order valence-corrected chi connectivity index (χ0v) is 16.5. The van der Waals surface area contributed by atoms with E-state index in [9.17, 15) is 4.79 Å². The van der Waals surface area contributed by atoms with Crippen LogP contribution in [0, 0.1) is 5.92 Å². The van der Waals surface area contributed by atoms with E-state index in [1.807, 2.05) is 55.5 Å². The van der Waals surface area contributed by atoms with Crippen LogP contribution in [0.25, 0.3) is 0 Å². The van der Waals surface area contributed by atoms with E-state index < -0.39 is 17.7 Å². The second kappa shape index (κ2) is 7.31. The maximum atomic E-state index is 13.1. The van der Waals surface area contributed by atoms with Crippen LogP contribution in [0.1, 0.15) is 31.0 Å². The largest absolute Gasteiger partial charge is 0.490 e. The minimum Gasteiger partial charge on any atom is -0.490 e. The molecule has 4 rings (SSSR count). The van der Waals surface area contributed by atoms with Crippen LogP contribution >= 0.6 is 12.2 Å². The number of benzene rings is 2. The first-order chi connectivity index (χ1) is 13.6. The molecule has 0 unspecified atom stereocenters. The molecule has 2 aliphatic heterocycles. The Morgan fingerprint density at radius 2 is 1.93 bits per heavy atom. The van der Waals surface area contributed by atoms with E-state index in [2.05, 4.69) is 10.6 Å². The average molecular weight is 398 g/mol. The summed E-state index contributed by atoms with van der Waals surface area (Å²) in [6, 6.07) is 14.8. The maximum absolute atomic E-state index is 13.1. The summed E-state index contributed by atoms with van der Waals surface area (Å²) in [5.41, 5.74) is 0.416. The molecule has 2 aliphatic rings. The lowest BCUT2D eigenvalue weighted by Gasteiger charge is -2.52.